The molecule has 2 aliphatic heterocycles. The Balaban J connectivity index is 1.36. The van der Waals surface area contributed by atoms with E-state index in [1.165, 1.54) is 4.90 Å². The molecule has 29 heavy (non-hydrogen) atoms. The summed E-state index contributed by atoms with van der Waals surface area (Å²) >= 11 is 5.93. The third-order valence-electron chi connectivity index (χ3n) is 5.70. The van der Waals surface area contributed by atoms with E-state index in [2.05, 4.69) is 4.90 Å². The zero-order chi connectivity index (χ0) is 20.4. The molecule has 0 spiro atoms. The van der Waals surface area contributed by atoms with Crippen LogP contribution >= 0.6 is 11.6 Å². The van der Waals surface area contributed by atoms with E-state index in [0.717, 1.165) is 12.1 Å². The van der Waals surface area contributed by atoms with Crippen LogP contribution < -0.4 is 4.90 Å². The molecule has 2 amide bonds. The number of amides is 2. The van der Waals surface area contributed by atoms with Crippen molar-refractivity contribution in [3.05, 3.63) is 65.2 Å². The highest BCUT2D eigenvalue weighted by Gasteiger charge is 2.53. The lowest BCUT2D eigenvalue weighted by Gasteiger charge is -2.37. The Hall–Kier alpha value is -2.41. The van der Waals surface area contributed by atoms with Crippen LogP contribution in [-0.4, -0.2) is 65.0 Å². The van der Waals surface area contributed by atoms with Gasteiger partial charge in [0.25, 0.3) is 11.8 Å². The van der Waals surface area contributed by atoms with E-state index in [4.69, 9.17) is 11.6 Å². The van der Waals surface area contributed by atoms with Crippen LogP contribution in [-0.2, 0) is 16.1 Å². The summed E-state index contributed by atoms with van der Waals surface area (Å²) in [7, 11) is 0. The average molecular weight is 414 g/mol. The highest BCUT2D eigenvalue weighted by molar-refractivity contribution is 6.30. The zero-order valence-electron chi connectivity index (χ0n) is 16.1. The van der Waals surface area contributed by atoms with Gasteiger partial charge in [-0.3, -0.25) is 14.5 Å². The first-order valence-corrected chi connectivity index (χ1v) is 10.2. The summed E-state index contributed by atoms with van der Waals surface area (Å²) in [6, 6.07) is 16.9. The minimum Gasteiger partial charge on any atom is -0.372 e. The molecule has 2 aromatic rings. The number of halogens is 1. The van der Waals surface area contributed by atoms with E-state index in [1.807, 2.05) is 54.6 Å². The summed E-state index contributed by atoms with van der Waals surface area (Å²) in [5.41, 5.74) is -0.0972. The van der Waals surface area contributed by atoms with Gasteiger partial charge in [-0.05, 0) is 29.8 Å². The molecule has 2 aliphatic rings. The zero-order valence-corrected chi connectivity index (χ0v) is 16.9. The predicted octanol–water partition coefficient (Wildman–Crippen LogP) is 2.15. The lowest BCUT2D eigenvalue weighted by atomic mass is 10.00. The smallest absolute Gasteiger partial charge is 0.268 e. The number of para-hydroxylation sites is 1. The Bertz CT molecular complexity index is 882. The number of piperazine rings is 1. The van der Waals surface area contributed by atoms with Crippen LogP contribution in [0.3, 0.4) is 0 Å². The number of carbonyl (C=O) groups excluding carboxylic acids is 2. The highest BCUT2D eigenvalue weighted by Crippen LogP contribution is 2.30. The standard InChI is InChI=1S/C22H24ClN3O3/c23-18-8-6-17(7-9-18)16-24-12-14-25(15-13-24)20(27)22(29)10-11-26(21(22)28)19-4-2-1-3-5-19/h1-9,29H,10-16H2. The van der Waals surface area contributed by atoms with Crippen LogP contribution in [0.25, 0.3) is 0 Å². The van der Waals surface area contributed by atoms with Crippen LogP contribution in [0.4, 0.5) is 5.69 Å². The number of nitrogens with zero attached hydrogens (tertiary/aromatic N) is 3. The Morgan fingerprint density at radius 1 is 0.966 bits per heavy atom. The molecular weight excluding hydrogens is 390 g/mol. The molecule has 7 heteroatoms. The van der Waals surface area contributed by atoms with Crippen molar-refractivity contribution in [1.29, 1.82) is 0 Å². The summed E-state index contributed by atoms with van der Waals surface area (Å²) in [5.74, 6) is -1.01. The maximum Gasteiger partial charge on any atom is 0.268 e. The maximum absolute atomic E-state index is 13.0. The summed E-state index contributed by atoms with van der Waals surface area (Å²) in [5, 5.41) is 11.6. The summed E-state index contributed by atoms with van der Waals surface area (Å²) in [6.07, 6.45) is 0.116. The van der Waals surface area contributed by atoms with Crippen molar-refractivity contribution in [2.75, 3.05) is 37.6 Å². The molecule has 2 aromatic carbocycles. The number of hydrogen-bond acceptors (Lipinski definition) is 4. The number of carbonyl (C=O) groups is 2. The number of hydrogen-bond donors (Lipinski definition) is 1. The second kappa shape index (κ2) is 8.14. The van der Waals surface area contributed by atoms with Gasteiger partial charge in [-0.25, -0.2) is 0 Å². The fraction of sp³-hybridized carbons (Fsp3) is 0.364. The van der Waals surface area contributed by atoms with Gasteiger partial charge in [0.1, 0.15) is 0 Å². The van der Waals surface area contributed by atoms with Gasteiger partial charge >= 0.3 is 0 Å². The van der Waals surface area contributed by atoms with E-state index in [0.29, 0.717) is 43.4 Å². The molecule has 0 bridgehead atoms. The third-order valence-corrected chi connectivity index (χ3v) is 5.95. The Morgan fingerprint density at radius 3 is 2.28 bits per heavy atom. The van der Waals surface area contributed by atoms with E-state index < -0.39 is 17.4 Å². The second-order valence-electron chi connectivity index (χ2n) is 7.60. The number of benzene rings is 2. The molecule has 2 saturated heterocycles. The van der Waals surface area contributed by atoms with Crippen molar-refractivity contribution < 1.29 is 14.7 Å². The van der Waals surface area contributed by atoms with Crippen molar-refractivity contribution in [3.8, 4) is 0 Å². The van der Waals surface area contributed by atoms with Gasteiger partial charge in [-0.15, -0.1) is 0 Å². The van der Waals surface area contributed by atoms with E-state index in [-0.39, 0.29) is 6.42 Å². The van der Waals surface area contributed by atoms with E-state index in [1.54, 1.807) is 4.90 Å². The van der Waals surface area contributed by atoms with Crippen molar-refractivity contribution >= 4 is 29.1 Å². The van der Waals surface area contributed by atoms with Gasteiger partial charge in [0.05, 0.1) is 0 Å². The van der Waals surface area contributed by atoms with Gasteiger partial charge in [0.15, 0.2) is 0 Å². The minimum atomic E-state index is -1.96. The number of rotatable bonds is 4. The molecular formula is C22H24ClN3O3. The first-order chi connectivity index (χ1) is 14.0. The number of aliphatic hydroxyl groups is 1. The number of anilines is 1. The quantitative estimate of drug-likeness (QED) is 0.780. The topological polar surface area (TPSA) is 64.1 Å². The minimum absolute atomic E-state index is 0.116. The Labute approximate surface area is 175 Å². The molecule has 1 atom stereocenters. The van der Waals surface area contributed by atoms with Crippen LogP contribution in [0.15, 0.2) is 54.6 Å². The molecule has 2 heterocycles. The molecule has 152 valence electrons. The van der Waals surface area contributed by atoms with Crippen molar-refractivity contribution in [1.82, 2.24) is 9.80 Å². The molecule has 1 unspecified atom stereocenters. The van der Waals surface area contributed by atoms with Crippen LogP contribution in [0.5, 0.6) is 0 Å². The third kappa shape index (κ3) is 4.01. The van der Waals surface area contributed by atoms with Crippen molar-refractivity contribution in [2.45, 2.75) is 18.6 Å². The highest BCUT2D eigenvalue weighted by atomic mass is 35.5. The predicted molar refractivity (Wildman–Crippen MR) is 112 cm³/mol. The van der Waals surface area contributed by atoms with Gasteiger partial charge in [-0.1, -0.05) is 41.9 Å². The van der Waals surface area contributed by atoms with Crippen LogP contribution in [0, 0.1) is 0 Å². The SMILES string of the molecule is O=C(N1CCN(Cc2ccc(Cl)cc2)CC1)C1(O)CCN(c2ccccc2)C1=O. The molecule has 4 rings (SSSR count). The monoisotopic (exact) mass is 413 g/mol. The van der Waals surface area contributed by atoms with Crippen LogP contribution in [0.1, 0.15) is 12.0 Å². The van der Waals surface area contributed by atoms with Gasteiger partial charge in [0, 0.05) is 56.4 Å². The summed E-state index contributed by atoms with van der Waals surface area (Å²) < 4.78 is 0. The second-order valence-corrected chi connectivity index (χ2v) is 8.03. The van der Waals surface area contributed by atoms with E-state index in [9.17, 15) is 14.7 Å². The van der Waals surface area contributed by atoms with E-state index >= 15 is 0 Å². The average Bonchev–Trinajstić information content (AvgIpc) is 3.06. The maximum atomic E-state index is 13.0. The van der Waals surface area contributed by atoms with Gasteiger partial charge in [0.2, 0.25) is 5.60 Å². The molecule has 0 radical (unpaired) electrons. The van der Waals surface area contributed by atoms with Crippen molar-refractivity contribution in [2.24, 2.45) is 0 Å². The Kier molecular flexibility index (Phi) is 5.58. The first-order valence-electron chi connectivity index (χ1n) is 9.83. The summed E-state index contributed by atoms with van der Waals surface area (Å²) in [4.78, 5) is 31.2. The molecule has 1 N–H and O–H groups in total. The van der Waals surface area contributed by atoms with Crippen LogP contribution in [0.2, 0.25) is 5.02 Å². The summed E-state index contributed by atoms with van der Waals surface area (Å²) in [6.45, 7) is 3.49. The molecule has 0 saturated carbocycles. The molecule has 0 aliphatic carbocycles. The normalized spacial score (nSPS) is 22.9. The van der Waals surface area contributed by atoms with Gasteiger partial charge in [-0.2, -0.15) is 0 Å². The first kappa shape index (κ1) is 19.9. The molecule has 6 nitrogen and oxygen atoms in total. The lowest BCUT2D eigenvalue weighted by molar-refractivity contribution is -0.158. The lowest BCUT2D eigenvalue weighted by Crippen LogP contribution is -2.58. The molecule has 0 aromatic heterocycles. The largest absolute Gasteiger partial charge is 0.372 e. The fourth-order valence-electron chi connectivity index (χ4n) is 3.98. The fourth-order valence-corrected chi connectivity index (χ4v) is 4.10. The van der Waals surface area contributed by atoms with Crippen molar-refractivity contribution in [3.63, 3.8) is 0 Å². The molecule has 2 fully saturated rings. The Morgan fingerprint density at radius 2 is 1.62 bits per heavy atom. The van der Waals surface area contributed by atoms with Gasteiger partial charge < -0.3 is 14.9 Å².